The van der Waals surface area contributed by atoms with Crippen molar-refractivity contribution in [3.8, 4) is 0 Å². The van der Waals surface area contributed by atoms with Gasteiger partial charge in [0.05, 0.1) is 17.6 Å². The number of ether oxygens (including phenoxy) is 3. The van der Waals surface area contributed by atoms with Gasteiger partial charge in [0.1, 0.15) is 29.7 Å². The molecule has 2 unspecified atom stereocenters. The van der Waals surface area contributed by atoms with E-state index in [0.717, 1.165) is 22.8 Å². The summed E-state index contributed by atoms with van der Waals surface area (Å²) < 4.78 is 19.1. The number of imidazole rings is 1. The number of nitrogen functional groups attached to an aromatic ring is 1. The molecule has 0 bridgehead atoms. The summed E-state index contributed by atoms with van der Waals surface area (Å²) in [6.45, 7) is 10.4. The number of benzene rings is 1. The van der Waals surface area contributed by atoms with Gasteiger partial charge in [0.15, 0.2) is 5.82 Å². The number of hydrogen-bond donors (Lipinski definition) is 2. The number of aromatic nitrogens is 3. The molecule has 0 aliphatic carbocycles. The second-order valence-corrected chi connectivity index (χ2v) is 10.3. The van der Waals surface area contributed by atoms with Crippen molar-refractivity contribution in [1.82, 2.24) is 14.5 Å². The van der Waals surface area contributed by atoms with Crippen LogP contribution in [0.1, 0.15) is 66.1 Å². The number of allylic oxidation sites excluding steroid dienone is 1. The van der Waals surface area contributed by atoms with Crippen LogP contribution in [-0.4, -0.2) is 50.1 Å². The second-order valence-electron chi connectivity index (χ2n) is 10.3. The molecule has 3 aromatic rings. The molecule has 10 nitrogen and oxygen atoms in total. The molecule has 3 rings (SSSR count). The van der Waals surface area contributed by atoms with E-state index in [0.29, 0.717) is 36.6 Å². The largest absolute Gasteiger partial charge is 0.509 e. The van der Waals surface area contributed by atoms with Crippen molar-refractivity contribution >= 4 is 39.9 Å². The van der Waals surface area contributed by atoms with E-state index in [1.54, 1.807) is 0 Å². The van der Waals surface area contributed by atoms with Crippen molar-refractivity contribution < 1.29 is 28.9 Å². The molecule has 0 fully saturated rings. The maximum absolute atomic E-state index is 12.9. The zero-order valence-corrected chi connectivity index (χ0v) is 23.5. The van der Waals surface area contributed by atoms with E-state index in [1.807, 2.05) is 75.6 Å². The van der Waals surface area contributed by atoms with Gasteiger partial charge in [-0.25, -0.2) is 14.8 Å². The highest BCUT2D eigenvalue weighted by molar-refractivity contribution is 6.06. The monoisotopic (exact) mass is 540 g/mol. The number of carboxylic acid groups (broad SMARTS) is 1. The molecule has 212 valence electrons. The number of nitrogens with zero attached hydrogens (tertiary/aromatic N) is 3. The maximum atomic E-state index is 12.9. The van der Waals surface area contributed by atoms with Gasteiger partial charge in [-0.2, -0.15) is 0 Å². The van der Waals surface area contributed by atoms with Crippen LogP contribution >= 0.6 is 0 Å². The average Bonchev–Trinajstić information content (AvgIpc) is 3.21. The minimum atomic E-state index is -0.972. The number of aliphatic carboxylic acids is 1. The highest BCUT2D eigenvalue weighted by Gasteiger charge is 2.29. The third-order valence-corrected chi connectivity index (χ3v) is 6.32. The zero-order valence-electron chi connectivity index (χ0n) is 23.5. The number of nitrogens with two attached hydrogens (primary N) is 1. The van der Waals surface area contributed by atoms with Gasteiger partial charge in [-0.1, -0.05) is 38.1 Å². The van der Waals surface area contributed by atoms with Crippen LogP contribution in [0.3, 0.4) is 0 Å². The molecule has 3 N–H and O–H groups in total. The summed E-state index contributed by atoms with van der Waals surface area (Å²) in [4.78, 5) is 33.2. The second kappa shape index (κ2) is 13.4. The molecule has 0 aliphatic heterocycles. The predicted octanol–water partition coefficient (Wildman–Crippen LogP) is 5.86. The summed E-state index contributed by atoms with van der Waals surface area (Å²) in [7, 11) is 0. The highest BCUT2D eigenvalue weighted by Crippen LogP contribution is 2.31. The summed E-state index contributed by atoms with van der Waals surface area (Å²) in [5.41, 5.74) is 7.42. The molecule has 0 saturated heterocycles. The van der Waals surface area contributed by atoms with Gasteiger partial charge >= 0.3 is 12.1 Å². The van der Waals surface area contributed by atoms with E-state index in [2.05, 4.69) is 4.98 Å². The van der Waals surface area contributed by atoms with Crippen molar-refractivity contribution in [2.24, 2.45) is 5.92 Å². The average molecular weight is 541 g/mol. The molecule has 0 saturated carbocycles. The van der Waals surface area contributed by atoms with E-state index in [-0.39, 0.29) is 25.5 Å². The quantitative estimate of drug-likeness (QED) is 0.190. The Morgan fingerprint density at radius 2 is 1.92 bits per heavy atom. The van der Waals surface area contributed by atoms with Crippen molar-refractivity contribution in [3.63, 3.8) is 0 Å². The first kappa shape index (κ1) is 29.9. The topological polar surface area (TPSA) is 139 Å². The smallest absolute Gasteiger partial charge is 0.481 e. The van der Waals surface area contributed by atoms with Crippen molar-refractivity contribution in [3.05, 3.63) is 42.2 Å². The zero-order chi connectivity index (χ0) is 28.6. The summed E-state index contributed by atoms with van der Waals surface area (Å²) in [5.74, 6) is 0.0938. The molecule has 2 atom stereocenters. The van der Waals surface area contributed by atoms with Gasteiger partial charge in [0.2, 0.25) is 0 Å². The van der Waals surface area contributed by atoms with Crippen molar-refractivity contribution in [1.29, 1.82) is 0 Å². The van der Waals surface area contributed by atoms with E-state index in [9.17, 15) is 9.59 Å². The Bertz CT molecular complexity index is 1320. The van der Waals surface area contributed by atoms with Gasteiger partial charge in [-0.3, -0.25) is 4.79 Å². The van der Waals surface area contributed by atoms with Gasteiger partial charge in [0.25, 0.3) is 0 Å². The highest BCUT2D eigenvalue weighted by atomic mass is 16.7. The Balaban J connectivity index is 1.83. The Hall–Kier alpha value is -3.66. The molecule has 2 heterocycles. The molecule has 2 aromatic heterocycles. The Kier molecular flexibility index (Phi) is 10.3. The number of para-hydroxylation sites is 1. The van der Waals surface area contributed by atoms with Crippen LogP contribution in [0.4, 0.5) is 10.6 Å². The van der Waals surface area contributed by atoms with Gasteiger partial charge in [0, 0.05) is 18.4 Å². The molecular formula is C29H40N4O6. The van der Waals surface area contributed by atoms with Gasteiger partial charge < -0.3 is 29.6 Å². The van der Waals surface area contributed by atoms with Crippen LogP contribution < -0.4 is 5.73 Å². The molecule has 0 radical (unpaired) electrons. The van der Waals surface area contributed by atoms with Crippen molar-refractivity contribution in [2.45, 2.75) is 85.2 Å². The lowest BCUT2D eigenvalue weighted by molar-refractivity contribution is -0.138. The number of rotatable bonds is 14. The van der Waals surface area contributed by atoms with Crippen LogP contribution in [0, 0.1) is 5.92 Å². The molecule has 0 spiro atoms. The number of anilines is 1. The molecule has 10 heteroatoms. The van der Waals surface area contributed by atoms with E-state index >= 15 is 0 Å². The fourth-order valence-electron chi connectivity index (χ4n) is 4.50. The lowest BCUT2D eigenvalue weighted by atomic mass is 9.99. The van der Waals surface area contributed by atoms with Gasteiger partial charge in [-0.05, 0) is 58.1 Å². The number of carboxylic acids is 1. The molecule has 0 amide bonds. The van der Waals surface area contributed by atoms with Crippen LogP contribution in [0.15, 0.2) is 36.4 Å². The minimum Gasteiger partial charge on any atom is -0.481 e. The Labute approximate surface area is 229 Å². The third-order valence-electron chi connectivity index (χ3n) is 6.32. The normalized spacial score (nSPS) is 13.7. The number of pyridine rings is 1. The van der Waals surface area contributed by atoms with E-state index in [4.69, 9.17) is 30.0 Å². The van der Waals surface area contributed by atoms with E-state index < -0.39 is 23.8 Å². The fourth-order valence-corrected chi connectivity index (χ4v) is 4.50. The number of carbonyl (C=O) groups excluding carboxylic acids is 1. The van der Waals surface area contributed by atoms with Crippen molar-refractivity contribution in [2.75, 3.05) is 12.3 Å². The first-order valence-electron chi connectivity index (χ1n) is 13.4. The van der Waals surface area contributed by atoms with Crippen LogP contribution in [-0.2, 0) is 32.2 Å². The summed E-state index contributed by atoms with van der Waals surface area (Å²) in [5, 5.41) is 9.92. The van der Waals surface area contributed by atoms with Crippen LogP contribution in [0.25, 0.3) is 21.9 Å². The lowest BCUT2D eigenvalue weighted by Gasteiger charge is -2.27. The standard InChI is InChI=1S/C29H40N4O6/c1-6-8-11-20(15-14-19(3)16-24(34)35)38-28(36)39-29(4,5)18-33-23(17-37-7-2)32-25-26(33)21-12-9-10-13-22(21)31-27(25)30/h8-13,19-20H,6-7,14-18H2,1-5H3,(H2,30,31)(H,34,35)/b11-8+. The third kappa shape index (κ3) is 8.16. The molecule has 0 aliphatic rings. The summed E-state index contributed by atoms with van der Waals surface area (Å²) >= 11 is 0. The first-order valence-corrected chi connectivity index (χ1v) is 13.4. The summed E-state index contributed by atoms with van der Waals surface area (Å²) in [6.07, 6.45) is 4.40. The fraction of sp³-hybridized carbons (Fsp3) is 0.517. The first-order chi connectivity index (χ1) is 18.5. The predicted molar refractivity (Wildman–Crippen MR) is 150 cm³/mol. The van der Waals surface area contributed by atoms with Gasteiger partial charge in [-0.15, -0.1) is 0 Å². The number of fused-ring (bicyclic) bond motifs is 3. The molecular weight excluding hydrogens is 500 g/mol. The minimum absolute atomic E-state index is 0.0360. The lowest BCUT2D eigenvalue weighted by Crippen LogP contribution is -2.35. The number of carbonyl (C=O) groups is 2. The van der Waals surface area contributed by atoms with Crippen LogP contribution in [0.5, 0.6) is 0 Å². The summed E-state index contributed by atoms with van der Waals surface area (Å²) in [6, 6.07) is 7.69. The SMILES string of the molecule is CC/C=C/C(CCC(C)CC(=O)O)OC(=O)OC(C)(C)Cn1c(COCC)nc2c(N)nc3ccccc3c21. The maximum Gasteiger partial charge on any atom is 0.509 e. The Morgan fingerprint density at radius 1 is 1.18 bits per heavy atom. The van der Waals surface area contributed by atoms with Crippen LogP contribution in [0.2, 0.25) is 0 Å². The molecule has 1 aromatic carbocycles. The number of hydrogen-bond acceptors (Lipinski definition) is 8. The Morgan fingerprint density at radius 3 is 2.62 bits per heavy atom. The molecule has 39 heavy (non-hydrogen) atoms. The van der Waals surface area contributed by atoms with E-state index in [1.165, 1.54) is 0 Å².